The molecule has 0 bridgehead atoms. The topological polar surface area (TPSA) is 17.1 Å². The number of Topliss-reactive ketones (excluding diaryl/α,β-unsaturated/α-hetero) is 1. The van der Waals surface area contributed by atoms with Crippen LogP contribution in [0.1, 0.15) is 41.6 Å². The molecule has 0 N–H and O–H groups in total. The summed E-state index contributed by atoms with van der Waals surface area (Å²) in [5, 5.41) is 0. The minimum Gasteiger partial charge on any atom is -0.294 e. The molecule has 4 heteroatoms. The molecule has 1 aliphatic rings. The van der Waals surface area contributed by atoms with Crippen LogP contribution in [-0.2, 0) is 6.18 Å². The Balaban J connectivity index is 2.06. The third-order valence-corrected chi connectivity index (χ3v) is 2.99. The molecular formula is C13H13F3O. The van der Waals surface area contributed by atoms with Crippen LogP contribution in [0.3, 0.4) is 0 Å². The Morgan fingerprint density at radius 1 is 1.29 bits per heavy atom. The number of alkyl halides is 3. The molecule has 0 aliphatic heterocycles. The van der Waals surface area contributed by atoms with Crippen molar-refractivity contribution in [2.24, 2.45) is 5.92 Å². The number of carbonyl (C=O) groups is 1. The first kappa shape index (κ1) is 12.1. The van der Waals surface area contributed by atoms with Crippen LogP contribution in [0.5, 0.6) is 0 Å². The molecule has 1 fully saturated rings. The van der Waals surface area contributed by atoms with Crippen molar-refractivity contribution in [3.05, 3.63) is 35.4 Å². The van der Waals surface area contributed by atoms with Crippen molar-refractivity contribution in [2.45, 2.75) is 31.9 Å². The van der Waals surface area contributed by atoms with Crippen molar-refractivity contribution in [1.82, 2.24) is 0 Å². The Labute approximate surface area is 97.6 Å². The third kappa shape index (κ3) is 3.32. The van der Waals surface area contributed by atoms with E-state index in [9.17, 15) is 18.0 Å². The fraction of sp³-hybridized carbons (Fsp3) is 0.462. The van der Waals surface area contributed by atoms with Gasteiger partial charge in [0.2, 0.25) is 0 Å². The van der Waals surface area contributed by atoms with E-state index in [1.807, 2.05) is 0 Å². The fourth-order valence-electron chi connectivity index (χ4n) is 1.76. The third-order valence-electron chi connectivity index (χ3n) is 2.99. The van der Waals surface area contributed by atoms with E-state index in [1.54, 1.807) is 0 Å². The second kappa shape index (κ2) is 4.51. The van der Waals surface area contributed by atoms with Crippen LogP contribution in [0.2, 0.25) is 0 Å². The zero-order chi connectivity index (χ0) is 12.5. The molecule has 0 heterocycles. The van der Waals surface area contributed by atoms with Gasteiger partial charge in [0.1, 0.15) is 0 Å². The highest BCUT2D eigenvalue weighted by Gasteiger charge is 2.31. The van der Waals surface area contributed by atoms with E-state index in [0.717, 1.165) is 31.4 Å². The summed E-state index contributed by atoms with van der Waals surface area (Å²) in [6.07, 6.45) is -0.931. The van der Waals surface area contributed by atoms with Crippen LogP contribution in [0.25, 0.3) is 0 Å². The maximum atomic E-state index is 12.4. The Morgan fingerprint density at radius 3 is 2.59 bits per heavy atom. The van der Waals surface area contributed by atoms with Gasteiger partial charge < -0.3 is 0 Å². The van der Waals surface area contributed by atoms with Gasteiger partial charge in [-0.2, -0.15) is 13.2 Å². The van der Waals surface area contributed by atoms with Crippen LogP contribution >= 0.6 is 0 Å². The molecule has 0 unspecified atom stereocenters. The second-order valence-electron chi connectivity index (χ2n) is 4.48. The van der Waals surface area contributed by atoms with Crippen LogP contribution in [0, 0.1) is 5.92 Å². The average Bonchev–Trinajstić information content (AvgIpc) is 3.09. The molecule has 1 aromatic rings. The quantitative estimate of drug-likeness (QED) is 0.727. The zero-order valence-electron chi connectivity index (χ0n) is 9.26. The summed E-state index contributed by atoms with van der Waals surface area (Å²) in [6, 6.07) is 4.66. The average molecular weight is 242 g/mol. The molecule has 0 radical (unpaired) electrons. The number of rotatable bonds is 4. The van der Waals surface area contributed by atoms with Crippen molar-refractivity contribution < 1.29 is 18.0 Å². The number of carbonyl (C=O) groups excluding carboxylic acids is 1. The Morgan fingerprint density at radius 2 is 2.00 bits per heavy atom. The van der Waals surface area contributed by atoms with E-state index >= 15 is 0 Å². The molecule has 1 aromatic carbocycles. The maximum absolute atomic E-state index is 12.4. The first-order valence-corrected chi connectivity index (χ1v) is 5.67. The normalized spacial score (nSPS) is 15.9. The molecule has 1 aliphatic carbocycles. The predicted octanol–water partition coefficient (Wildman–Crippen LogP) is 4.08. The summed E-state index contributed by atoms with van der Waals surface area (Å²) in [4.78, 5) is 11.7. The summed E-state index contributed by atoms with van der Waals surface area (Å²) in [5.41, 5.74) is -0.588. The highest BCUT2D eigenvalue weighted by Crippen LogP contribution is 2.34. The molecule has 0 amide bonds. The van der Waals surface area contributed by atoms with Crippen molar-refractivity contribution in [3.8, 4) is 0 Å². The lowest BCUT2D eigenvalue weighted by Gasteiger charge is -2.08. The van der Waals surface area contributed by atoms with Gasteiger partial charge in [0.25, 0.3) is 0 Å². The van der Waals surface area contributed by atoms with Crippen LogP contribution in [-0.4, -0.2) is 5.78 Å². The minimum atomic E-state index is -4.38. The van der Waals surface area contributed by atoms with Crippen molar-refractivity contribution in [1.29, 1.82) is 0 Å². The first-order chi connectivity index (χ1) is 7.97. The van der Waals surface area contributed by atoms with Crippen molar-refractivity contribution in [3.63, 3.8) is 0 Å². The maximum Gasteiger partial charge on any atom is 0.416 e. The Hall–Kier alpha value is -1.32. The standard InChI is InChI=1S/C13H13F3O/c14-13(15,16)11-3-1-2-10(8-11)12(17)7-6-9-4-5-9/h1-3,8-9H,4-7H2. The summed E-state index contributed by atoms with van der Waals surface area (Å²) < 4.78 is 37.3. The van der Waals surface area contributed by atoms with E-state index in [-0.39, 0.29) is 11.3 Å². The van der Waals surface area contributed by atoms with Crippen molar-refractivity contribution in [2.75, 3.05) is 0 Å². The lowest BCUT2D eigenvalue weighted by atomic mass is 10.0. The number of halogens is 3. The van der Waals surface area contributed by atoms with Crippen LogP contribution in [0.15, 0.2) is 24.3 Å². The summed E-state index contributed by atoms with van der Waals surface area (Å²) in [6.45, 7) is 0. The van der Waals surface area contributed by atoms with Gasteiger partial charge in [-0.05, 0) is 24.5 Å². The van der Waals surface area contributed by atoms with E-state index in [1.165, 1.54) is 12.1 Å². The van der Waals surface area contributed by atoms with Gasteiger partial charge in [-0.25, -0.2) is 0 Å². The van der Waals surface area contributed by atoms with Gasteiger partial charge in [0, 0.05) is 12.0 Å². The molecule has 92 valence electrons. The Bertz CT molecular complexity index is 419. The van der Waals surface area contributed by atoms with Gasteiger partial charge in [-0.3, -0.25) is 4.79 Å². The lowest BCUT2D eigenvalue weighted by Crippen LogP contribution is -2.07. The smallest absolute Gasteiger partial charge is 0.294 e. The summed E-state index contributed by atoms with van der Waals surface area (Å²) >= 11 is 0. The van der Waals surface area contributed by atoms with E-state index in [0.29, 0.717) is 12.3 Å². The second-order valence-corrected chi connectivity index (χ2v) is 4.48. The molecule has 0 aromatic heterocycles. The predicted molar refractivity (Wildman–Crippen MR) is 57.7 cm³/mol. The van der Waals surface area contributed by atoms with E-state index < -0.39 is 11.7 Å². The molecular weight excluding hydrogens is 229 g/mol. The Kier molecular flexibility index (Phi) is 3.22. The molecule has 1 saturated carbocycles. The van der Waals surface area contributed by atoms with Crippen LogP contribution < -0.4 is 0 Å². The molecule has 2 rings (SSSR count). The van der Waals surface area contributed by atoms with Crippen molar-refractivity contribution >= 4 is 5.78 Å². The lowest BCUT2D eigenvalue weighted by molar-refractivity contribution is -0.137. The molecule has 1 nitrogen and oxygen atoms in total. The molecule has 0 spiro atoms. The monoisotopic (exact) mass is 242 g/mol. The van der Waals surface area contributed by atoms with Gasteiger partial charge in [0.05, 0.1) is 5.56 Å². The molecule has 0 atom stereocenters. The number of hydrogen-bond donors (Lipinski definition) is 0. The number of ketones is 1. The first-order valence-electron chi connectivity index (χ1n) is 5.67. The number of benzene rings is 1. The molecule has 17 heavy (non-hydrogen) atoms. The summed E-state index contributed by atoms with van der Waals surface area (Å²) in [5.74, 6) is 0.424. The van der Waals surface area contributed by atoms with Gasteiger partial charge >= 0.3 is 6.18 Å². The van der Waals surface area contributed by atoms with E-state index in [4.69, 9.17) is 0 Å². The fourth-order valence-corrected chi connectivity index (χ4v) is 1.76. The van der Waals surface area contributed by atoms with Crippen LogP contribution in [0.4, 0.5) is 13.2 Å². The highest BCUT2D eigenvalue weighted by atomic mass is 19.4. The summed E-state index contributed by atoms with van der Waals surface area (Å²) in [7, 11) is 0. The van der Waals surface area contributed by atoms with Gasteiger partial charge in [-0.15, -0.1) is 0 Å². The van der Waals surface area contributed by atoms with Gasteiger partial charge in [0.15, 0.2) is 5.78 Å². The van der Waals surface area contributed by atoms with Gasteiger partial charge in [-0.1, -0.05) is 25.0 Å². The highest BCUT2D eigenvalue weighted by molar-refractivity contribution is 5.96. The molecule has 0 saturated heterocycles. The minimum absolute atomic E-state index is 0.167. The zero-order valence-corrected chi connectivity index (χ0v) is 9.26. The number of hydrogen-bond acceptors (Lipinski definition) is 1. The van der Waals surface area contributed by atoms with E-state index in [2.05, 4.69) is 0 Å². The largest absolute Gasteiger partial charge is 0.416 e. The SMILES string of the molecule is O=C(CCC1CC1)c1cccc(C(F)(F)F)c1.